The summed E-state index contributed by atoms with van der Waals surface area (Å²) in [4.78, 5) is 10.9. The Morgan fingerprint density at radius 1 is 0.649 bits per heavy atom. The fourth-order valence-corrected chi connectivity index (χ4v) is 5.52. The van der Waals surface area contributed by atoms with Gasteiger partial charge < -0.3 is 24.1 Å². The van der Waals surface area contributed by atoms with Crippen molar-refractivity contribution in [1.29, 1.82) is 0 Å². The number of carbonyl (C=O) groups excluding carboxylic acids is 1. The van der Waals surface area contributed by atoms with Crippen LogP contribution in [0.5, 0.6) is 0 Å². The number of Topliss-reactive ketones (excluding diaryl/α,β-unsaturated/α-hetero) is 1. The smallest absolute Gasteiger partial charge is 0.169 e. The molecule has 4 aliphatic rings. The lowest BCUT2D eigenvalue weighted by Gasteiger charge is -2.40. The summed E-state index contributed by atoms with van der Waals surface area (Å²) in [6, 6.07) is 14.9. The molecular weight excluding hydrogens is 583 g/mol. The molecule has 2 aromatic rings. The van der Waals surface area contributed by atoms with Crippen LogP contribution in [-0.2, 0) is 29.3 Å². The first-order valence-electron chi connectivity index (χ1n) is 12.7. The lowest BCUT2D eigenvalue weighted by Crippen LogP contribution is -2.42. The molecule has 0 bridgehead atoms. The Kier molecular flexibility index (Phi) is 10.1. The Labute approximate surface area is 236 Å². The summed E-state index contributed by atoms with van der Waals surface area (Å²) in [5.74, 6) is -0.457. The minimum atomic E-state index is -0.773. The summed E-state index contributed by atoms with van der Waals surface area (Å²) in [6.07, 6.45) is 5.57. The number of ether oxygens (including phenoxy) is 4. The predicted octanol–water partition coefficient (Wildman–Crippen LogP) is 6.82. The number of aliphatic hydroxyl groups is 1. The van der Waals surface area contributed by atoms with E-state index >= 15 is 0 Å². The van der Waals surface area contributed by atoms with E-state index in [1.54, 1.807) is 0 Å². The van der Waals surface area contributed by atoms with Gasteiger partial charge in [0.2, 0.25) is 0 Å². The molecule has 0 unspecified atom stereocenters. The highest BCUT2D eigenvalue weighted by molar-refractivity contribution is 9.10. The number of rotatable bonds is 1. The SMILES string of the molecule is Clc1ccc(Br)cc1.O=C1CCC2(CC1)OCCO2.OC1(c2ccc(Cl)cc2)CCC2(CC1)OCCO2. The van der Waals surface area contributed by atoms with Gasteiger partial charge in [0.1, 0.15) is 5.78 Å². The zero-order valence-electron chi connectivity index (χ0n) is 20.7. The average Bonchev–Trinajstić information content (AvgIpc) is 3.57. The van der Waals surface area contributed by atoms with E-state index in [9.17, 15) is 9.90 Å². The van der Waals surface area contributed by atoms with Gasteiger partial charge in [-0.15, -0.1) is 0 Å². The molecule has 2 aliphatic heterocycles. The molecule has 2 heterocycles. The fraction of sp³-hybridized carbons (Fsp3) is 0.536. The van der Waals surface area contributed by atoms with Crippen LogP contribution in [0.25, 0.3) is 0 Å². The topological polar surface area (TPSA) is 74.2 Å². The number of hydrogen-bond donors (Lipinski definition) is 1. The fourth-order valence-electron chi connectivity index (χ4n) is 5.00. The molecule has 0 radical (unpaired) electrons. The van der Waals surface area contributed by atoms with Crippen molar-refractivity contribution in [2.75, 3.05) is 26.4 Å². The molecule has 2 spiro atoms. The van der Waals surface area contributed by atoms with Gasteiger partial charge in [0.25, 0.3) is 0 Å². The molecular formula is C28H33BrCl2O6. The Bertz CT molecular complexity index is 975. The van der Waals surface area contributed by atoms with E-state index < -0.39 is 11.4 Å². The number of ketones is 1. The van der Waals surface area contributed by atoms with Crippen molar-refractivity contribution in [2.45, 2.75) is 68.5 Å². The van der Waals surface area contributed by atoms with Crippen molar-refractivity contribution >= 4 is 44.9 Å². The van der Waals surface area contributed by atoms with Crippen LogP contribution < -0.4 is 0 Å². The summed E-state index contributed by atoms with van der Waals surface area (Å²) >= 11 is 14.8. The van der Waals surface area contributed by atoms with E-state index in [4.69, 9.17) is 42.1 Å². The van der Waals surface area contributed by atoms with E-state index in [0.717, 1.165) is 40.7 Å². The molecule has 6 nitrogen and oxygen atoms in total. The number of hydrogen-bond acceptors (Lipinski definition) is 6. The summed E-state index contributed by atoms with van der Waals surface area (Å²) < 4.78 is 23.3. The second kappa shape index (κ2) is 12.9. The molecule has 9 heteroatoms. The number of halogens is 3. The Hall–Kier alpha value is -1.03. The minimum Gasteiger partial charge on any atom is -0.385 e. The molecule has 2 aromatic carbocycles. The van der Waals surface area contributed by atoms with Crippen LogP contribution in [-0.4, -0.2) is 48.9 Å². The lowest BCUT2D eigenvalue weighted by atomic mass is 9.77. The largest absolute Gasteiger partial charge is 0.385 e. The molecule has 0 atom stereocenters. The predicted molar refractivity (Wildman–Crippen MR) is 146 cm³/mol. The molecule has 1 N–H and O–H groups in total. The first-order valence-corrected chi connectivity index (χ1v) is 14.2. The van der Waals surface area contributed by atoms with Gasteiger partial charge in [0.05, 0.1) is 32.0 Å². The third kappa shape index (κ3) is 7.99. The maximum absolute atomic E-state index is 10.9. The molecule has 37 heavy (non-hydrogen) atoms. The molecule has 2 saturated heterocycles. The van der Waals surface area contributed by atoms with Crippen LogP contribution in [0.3, 0.4) is 0 Å². The van der Waals surface area contributed by atoms with Crippen LogP contribution in [0.15, 0.2) is 53.0 Å². The molecule has 0 amide bonds. The van der Waals surface area contributed by atoms with Gasteiger partial charge in [0, 0.05) is 53.0 Å². The summed E-state index contributed by atoms with van der Waals surface area (Å²) in [5, 5.41) is 12.2. The summed E-state index contributed by atoms with van der Waals surface area (Å²) in [7, 11) is 0. The Morgan fingerprint density at radius 3 is 1.49 bits per heavy atom. The van der Waals surface area contributed by atoms with E-state index in [0.29, 0.717) is 62.9 Å². The summed E-state index contributed by atoms with van der Waals surface area (Å²) in [6.45, 7) is 2.71. The van der Waals surface area contributed by atoms with Gasteiger partial charge in [-0.2, -0.15) is 0 Å². The third-order valence-electron chi connectivity index (χ3n) is 7.22. The van der Waals surface area contributed by atoms with Gasteiger partial charge in [0.15, 0.2) is 11.6 Å². The zero-order chi connectivity index (χ0) is 26.4. The van der Waals surface area contributed by atoms with Gasteiger partial charge in [-0.05, 0) is 54.8 Å². The minimum absolute atomic E-state index is 0.342. The van der Waals surface area contributed by atoms with Crippen LogP contribution in [0.1, 0.15) is 56.9 Å². The number of benzene rings is 2. The molecule has 2 saturated carbocycles. The second-order valence-corrected chi connectivity index (χ2v) is 11.5. The number of carbonyl (C=O) groups is 1. The first-order chi connectivity index (χ1) is 17.7. The van der Waals surface area contributed by atoms with Crippen molar-refractivity contribution in [1.82, 2.24) is 0 Å². The lowest BCUT2D eigenvalue weighted by molar-refractivity contribution is -0.204. The third-order valence-corrected chi connectivity index (χ3v) is 8.25. The normalized spacial score (nSPS) is 23.2. The van der Waals surface area contributed by atoms with Crippen molar-refractivity contribution in [2.24, 2.45) is 0 Å². The average molecular weight is 616 g/mol. The highest BCUT2D eigenvalue weighted by Crippen LogP contribution is 2.45. The maximum Gasteiger partial charge on any atom is 0.169 e. The van der Waals surface area contributed by atoms with Gasteiger partial charge in [-0.1, -0.05) is 51.3 Å². The molecule has 202 valence electrons. The highest BCUT2D eigenvalue weighted by Gasteiger charge is 2.46. The highest BCUT2D eigenvalue weighted by atomic mass is 79.9. The van der Waals surface area contributed by atoms with E-state index in [-0.39, 0.29) is 5.79 Å². The second-order valence-electron chi connectivity index (χ2n) is 9.73. The van der Waals surface area contributed by atoms with Gasteiger partial charge >= 0.3 is 0 Å². The van der Waals surface area contributed by atoms with Crippen LogP contribution >= 0.6 is 39.1 Å². The van der Waals surface area contributed by atoms with E-state index in [1.807, 2.05) is 48.5 Å². The first kappa shape index (κ1) is 29.0. The Balaban J connectivity index is 0.000000143. The van der Waals surface area contributed by atoms with Crippen LogP contribution in [0.2, 0.25) is 10.0 Å². The van der Waals surface area contributed by atoms with Crippen LogP contribution in [0.4, 0.5) is 0 Å². The van der Waals surface area contributed by atoms with Crippen molar-refractivity contribution < 1.29 is 28.8 Å². The van der Waals surface area contributed by atoms with Crippen molar-refractivity contribution in [3.63, 3.8) is 0 Å². The Morgan fingerprint density at radius 2 is 1.05 bits per heavy atom. The maximum atomic E-state index is 10.9. The molecule has 6 rings (SSSR count). The van der Waals surface area contributed by atoms with E-state index in [2.05, 4.69) is 15.9 Å². The van der Waals surface area contributed by atoms with Gasteiger partial charge in [-0.3, -0.25) is 4.79 Å². The quantitative estimate of drug-likeness (QED) is 0.379. The van der Waals surface area contributed by atoms with Crippen molar-refractivity contribution in [3.05, 3.63) is 68.6 Å². The molecule has 4 fully saturated rings. The summed E-state index contributed by atoms with van der Waals surface area (Å²) in [5.41, 5.74) is 0.158. The standard InChI is InChI=1S/C14H17ClO3.C8H12O3.C6H4BrCl/c15-12-3-1-11(2-4-12)13(16)5-7-14(8-6-13)17-9-10-18-14;9-7-1-3-8(4-2-7)10-5-6-11-8;7-5-1-3-6(8)4-2-5/h1-4,16H,5-10H2;1-6H2;1-4H. The monoisotopic (exact) mass is 614 g/mol. The molecule has 2 aliphatic carbocycles. The van der Waals surface area contributed by atoms with Crippen LogP contribution in [0, 0.1) is 0 Å². The van der Waals surface area contributed by atoms with Gasteiger partial charge in [-0.25, -0.2) is 0 Å². The zero-order valence-corrected chi connectivity index (χ0v) is 23.8. The molecule has 0 aromatic heterocycles. The van der Waals surface area contributed by atoms with E-state index in [1.165, 1.54) is 0 Å². The van der Waals surface area contributed by atoms with Crippen molar-refractivity contribution in [3.8, 4) is 0 Å².